The molecule has 2 rings (SSSR count). The first-order valence-corrected chi connectivity index (χ1v) is 6.23. The van der Waals surface area contributed by atoms with Crippen molar-refractivity contribution in [2.24, 2.45) is 5.73 Å². The van der Waals surface area contributed by atoms with E-state index in [0.29, 0.717) is 30.1 Å². The van der Waals surface area contributed by atoms with Gasteiger partial charge in [-0.25, -0.2) is 18.4 Å². The summed E-state index contributed by atoms with van der Waals surface area (Å²) in [5.74, 6) is -0.251. The molecular formula is C13H16F2N4. The van der Waals surface area contributed by atoms with Gasteiger partial charge in [0, 0.05) is 19.4 Å². The van der Waals surface area contributed by atoms with E-state index in [1.165, 1.54) is 16.8 Å². The Balaban J connectivity index is 2.61. The maximum Gasteiger partial charge on any atom is 0.152 e. The number of nitrogens with zero attached hydrogens (tertiary/aromatic N) is 3. The molecule has 0 saturated heterocycles. The lowest BCUT2D eigenvalue weighted by molar-refractivity contribution is 0.551. The molecule has 1 heterocycles. The Morgan fingerprint density at radius 1 is 1.16 bits per heavy atom. The first kappa shape index (κ1) is 13.6. The molecule has 0 aliphatic carbocycles. The van der Waals surface area contributed by atoms with Gasteiger partial charge in [-0.1, -0.05) is 13.8 Å². The number of benzene rings is 1. The lowest BCUT2D eigenvalue weighted by Gasteiger charge is -2.08. The molecule has 19 heavy (non-hydrogen) atoms. The molecule has 0 aliphatic rings. The SMILES string of the molecule is CCc1nc(CC)n(-c2c(F)cc(CN)cc2F)n1. The van der Waals surface area contributed by atoms with E-state index in [1.54, 1.807) is 0 Å². The minimum atomic E-state index is -0.678. The zero-order valence-corrected chi connectivity index (χ0v) is 11.0. The van der Waals surface area contributed by atoms with Gasteiger partial charge in [-0.3, -0.25) is 0 Å². The van der Waals surface area contributed by atoms with Crippen molar-refractivity contribution in [1.29, 1.82) is 0 Å². The van der Waals surface area contributed by atoms with Gasteiger partial charge in [-0.15, -0.1) is 0 Å². The van der Waals surface area contributed by atoms with Crippen LogP contribution in [0.2, 0.25) is 0 Å². The van der Waals surface area contributed by atoms with Crippen molar-refractivity contribution in [2.45, 2.75) is 33.2 Å². The van der Waals surface area contributed by atoms with Crippen LogP contribution in [0.3, 0.4) is 0 Å². The second-order valence-corrected chi connectivity index (χ2v) is 4.18. The van der Waals surface area contributed by atoms with Crippen LogP contribution in [0.1, 0.15) is 31.1 Å². The maximum atomic E-state index is 14.0. The fourth-order valence-corrected chi connectivity index (χ4v) is 1.89. The number of nitrogens with two attached hydrogens (primary N) is 1. The highest BCUT2D eigenvalue weighted by atomic mass is 19.1. The standard InChI is InChI=1S/C13H16F2N4/c1-3-11-17-12(4-2)19(18-11)13-9(14)5-8(7-16)6-10(13)15/h5-6H,3-4,7,16H2,1-2H3. The number of aryl methyl sites for hydroxylation is 2. The largest absolute Gasteiger partial charge is 0.326 e. The van der Waals surface area contributed by atoms with Crippen molar-refractivity contribution < 1.29 is 8.78 Å². The van der Waals surface area contributed by atoms with Crippen LogP contribution in [0.4, 0.5) is 8.78 Å². The van der Waals surface area contributed by atoms with Crippen molar-refractivity contribution in [3.05, 3.63) is 41.0 Å². The fraction of sp³-hybridized carbons (Fsp3) is 0.385. The Labute approximate surface area is 110 Å². The van der Waals surface area contributed by atoms with E-state index >= 15 is 0 Å². The summed E-state index contributed by atoms with van der Waals surface area (Å²) in [5, 5.41) is 4.14. The highest BCUT2D eigenvalue weighted by Crippen LogP contribution is 2.21. The van der Waals surface area contributed by atoms with Crippen LogP contribution < -0.4 is 5.73 Å². The van der Waals surface area contributed by atoms with Crippen molar-refractivity contribution in [2.75, 3.05) is 0 Å². The summed E-state index contributed by atoms with van der Waals surface area (Å²) in [6.07, 6.45) is 1.16. The quantitative estimate of drug-likeness (QED) is 0.922. The zero-order valence-electron chi connectivity index (χ0n) is 11.0. The van der Waals surface area contributed by atoms with Gasteiger partial charge in [0.25, 0.3) is 0 Å². The van der Waals surface area contributed by atoms with E-state index in [0.717, 1.165) is 0 Å². The second-order valence-electron chi connectivity index (χ2n) is 4.18. The third-order valence-electron chi connectivity index (χ3n) is 2.87. The van der Waals surface area contributed by atoms with Crippen LogP contribution in [0.25, 0.3) is 5.69 Å². The summed E-state index contributed by atoms with van der Waals surface area (Å²) in [6, 6.07) is 2.45. The summed E-state index contributed by atoms with van der Waals surface area (Å²) in [4.78, 5) is 4.24. The summed E-state index contributed by atoms with van der Waals surface area (Å²) in [5.41, 5.74) is 5.61. The minimum Gasteiger partial charge on any atom is -0.326 e. The Morgan fingerprint density at radius 3 is 2.26 bits per heavy atom. The molecular weight excluding hydrogens is 250 g/mol. The average molecular weight is 266 g/mol. The maximum absolute atomic E-state index is 14.0. The summed E-state index contributed by atoms with van der Waals surface area (Å²) in [7, 11) is 0. The highest BCUT2D eigenvalue weighted by Gasteiger charge is 2.18. The zero-order chi connectivity index (χ0) is 14.0. The molecule has 0 radical (unpaired) electrons. The Hall–Kier alpha value is -1.82. The van der Waals surface area contributed by atoms with Gasteiger partial charge in [-0.2, -0.15) is 5.10 Å². The Bertz CT molecular complexity index is 569. The lowest BCUT2D eigenvalue weighted by Crippen LogP contribution is -2.09. The first-order chi connectivity index (χ1) is 9.10. The number of hydrogen-bond acceptors (Lipinski definition) is 3. The van der Waals surface area contributed by atoms with Gasteiger partial charge in [0.05, 0.1) is 0 Å². The van der Waals surface area contributed by atoms with Crippen LogP contribution in [-0.4, -0.2) is 14.8 Å². The van der Waals surface area contributed by atoms with Gasteiger partial charge in [0.15, 0.2) is 17.5 Å². The third-order valence-corrected chi connectivity index (χ3v) is 2.87. The van der Waals surface area contributed by atoms with E-state index in [9.17, 15) is 8.78 Å². The Morgan fingerprint density at radius 2 is 1.79 bits per heavy atom. The van der Waals surface area contributed by atoms with Crippen LogP contribution >= 0.6 is 0 Å². The minimum absolute atomic E-state index is 0.0896. The third kappa shape index (κ3) is 2.49. The van der Waals surface area contributed by atoms with Gasteiger partial charge >= 0.3 is 0 Å². The van der Waals surface area contributed by atoms with Crippen LogP contribution in [0.15, 0.2) is 12.1 Å². The van der Waals surface area contributed by atoms with Crippen LogP contribution in [-0.2, 0) is 19.4 Å². The van der Waals surface area contributed by atoms with Gasteiger partial charge in [0.2, 0.25) is 0 Å². The molecule has 0 saturated carbocycles. The smallest absolute Gasteiger partial charge is 0.152 e. The van der Waals surface area contributed by atoms with E-state index in [1.807, 2.05) is 13.8 Å². The summed E-state index contributed by atoms with van der Waals surface area (Å²) < 4.78 is 29.3. The monoisotopic (exact) mass is 266 g/mol. The molecule has 4 nitrogen and oxygen atoms in total. The fourth-order valence-electron chi connectivity index (χ4n) is 1.89. The molecule has 1 aromatic carbocycles. The van der Waals surface area contributed by atoms with Crippen molar-refractivity contribution in [3.8, 4) is 5.69 Å². The lowest BCUT2D eigenvalue weighted by atomic mass is 10.2. The summed E-state index contributed by atoms with van der Waals surface area (Å²) in [6.45, 7) is 3.85. The van der Waals surface area contributed by atoms with Gasteiger partial charge < -0.3 is 5.73 Å². The van der Waals surface area contributed by atoms with E-state index in [4.69, 9.17) is 5.73 Å². The molecule has 0 bridgehead atoms. The van der Waals surface area contributed by atoms with Crippen molar-refractivity contribution in [1.82, 2.24) is 14.8 Å². The second kappa shape index (κ2) is 5.44. The molecule has 0 amide bonds. The molecule has 0 fully saturated rings. The van der Waals surface area contributed by atoms with Crippen molar-refractivity contribution in [3.63, 3.8) is 0 Å². The average Bonchev–Trinajstić information content (AvgIpc) is 2.81. The highest BCUT2D eigenvalue weighted by molar-refractivity contribution is 5.38. The van der Waals surface area contributed by atoms with Crippen molar-refractivity contribution >= 4 is 0 Å². The molecule has 102 valence electrons. The predicted octanol–water partition coefficient (Wildman–Crippen LogP) is 2.13. The Kier molecular flexibility index (Phi) is 3.90. The molecule has 1 aromatic heterocycles. The molecule has 0 spiro atoms. The molecule has 6 heteroatoms. The first-order valence-electron chi connectivity index (χ1n) is 6.23. The molecule has 0 unspecified atom stereocenters. The number of hydrogen-bond donors (Lipinski definition) is 1. The summed E-state index contributed by atoms with van der Waals surface area (Å²) >= 11 is 0. The number of aromatic nitrogens is 3. The van der Waals surface area contributed by atoms with Gasteiger partial charge in [0.1, 0.15) is 11.5 Å². The van der Waals surface area contributed by atoms with E-state index < -0.39 is 11.6 Å². The topological polar surface area (TPSA) is 56.7 Å². The molecule has 2 N–H and O–H groups in total. The number of halogens is 2. The molecule has 0 atom stereocenters. The predicted molar refractivity (Wildman–Crippen MR) is 67.9 cm³/mol. The van der Waals surface area contributed by atoms with E-state index in [2.05, 4.69) is 10.1 Å². The normalized spacial score (nSPS) is 11.0. The number of rotatable bonds is 4. The van der Waals surface area contributed by atoms with Crippen LogP contribution in [0, 0.1) is 11.6 Å². The van der Waals surface area contributed by atoms with Gasteiger partial charge in [-0.05, 0) is 17.7 Å². The molecule has 0 aliphatic heterocycles. The van der Waals surface area contributed by atoms with E-state index in [-0.39, 0.29) is 12.2 Å². The van der Waals surface area contributed by atoms with Crippen LogP contribution in [0.5, 0.6) is 0 Å². The molecule has 2 aromatic rings.